The topological polar surface area (TPSA) is 58.5 Å². The maximum Gasteiger partial charge on any atom is 0.276 e. The molecule has 0 aliphatic rings. The number of nitrogens with zero attached hydrogens (tertiary/aromatic N) is 1. The lowest BCUT2D eigenvalue weighted by atomic mass is 10.1. The number of nitrogens with one attached hydrogen (secondary N) is 1. The van der Waals surface area contributed by atoms with Crippen molar-refractivity contribution in [3.63, 3.8) is 0 Å². The Labute approximate surface area is 156 Å². The van der Waals surface area contributed by atoms with Crippen molar-refractivity contribution in [2.45, 2.75) is 44.9 Å². The minimum atomic E-state index is -3.68. The van der Waals surface area contributed by atoms with E-state index in [2.05, 4.69) is 28.7 Å². The maximum absolute atomic E-state index is 12.3. The van der Waals surface area contributed by atoms with Gasteiger partial charge < -0.3 is 0 Å². The number of aryl methyl sites for hydroxylation is 2. The largest absolute Gasteiger partial charge is 0.276 e. The van der Waals surface area contributed by atoms with Gasteiger partial charge in [0.05, 0.1) is 11.1 Å². The van der Waals surface area contributed by atoms with E-state index in [1.807, 2.05) is 32.0 Å². The molecule has 2 aromatic rings. The van der Waals surface area contributed by atoms with Crippen molar-refractivity contribution in [2.24, 2.45) is 5.10 Å². The first kappa shape index (κ1) is 19.7. The highest BCUT2D eigenvalue weighted by atomic mass is 32.2. The summed E-state index contributed by atoms with van der Waals surface area (Å²) in [4.78, 5) is 2.44. The average molecular weight is 369 g/mol. The van der Waals surface area contributed by atoms with E-state index in [1.165, 1.54) is 6.21 Å². The fourth-order valence-corrected chi connectivity index (χ4v) is 3.05. The van der Waals surface area contributed by atoms with Gasteiger partial charge in [0.25, 0.3) is 10.0 Å². The molecular weight excluding hydrogens is 344 g/mol. The van der Waals surface area contributed by atoms with Crippen LogP contribution in [0.4, 0.5) is 0 Å². The van der Waals surface area contributed by atoms with E-state index in [1.54, 1.807) is 24.3 Å². The van der Waals surface area contributed by atoms with E-state index in [0.717, 1.165) is 41.5 Å². The van der Waals surface area contributed by atoms with Crippen LogP contribution in [0.25, 0.3) is 0 Å². The van der Waals surface area contributed by atoms with Crippen LogP contribution in [0.2, 0.25) is 0 Å². The van der Waals surface area contributed by atoms with Crippen LogP contribution in [-0.4, -0.2) is 14.6 Å². The second-order valence-electron chi connectivity index (χ2n) is 6.16. The summed E-state index contributed by atoms with van der Waals surface area (Å²) in [5, 5.41) is 3.93. The Morgan fingerprint density at radius 2 is 1.77 bits per heavy atom. The number of rotatable bonds is 6. The Hall–Kier alpha value is -2.58. The molecule has 2 rings (SSSR count). The van der Waals surface area contributed by atoms with Gasteiger partial charge >= 0.3 is 0 Å². The summed E-state index contributed by atoms with van der Waals surface area (Å²) in [5.74, 6) is 6.29. The minimum Gasteiger partial charge on any atom is -0.200 e. The number of unbranched alkanes of at least 4 members (excludes halogenated alkanes) is 2. The van der Waals surface area contributed by atoms with Crippen molar-refractivity contribution in [3.8, 4) is 11.8 Å². The maximum atomic E-state index is 12.3. The minimum absolute atomic E-state index is 0.184. The van der Waals surface area contributed by atoms with Crippen molar-refractivity contribution in [1.82, 2.24) is 4.83 Å². The van der Waals surface area contributed by atoms with Crippen LogP contribution in [0.15, 0.2) is 52.5 Å². The predicted molar refractivity (Wildman–Crippen MR) is 107 cm³/mol. The summed E-state index contributed by atoms with van der Waals surface area (Å²) in [6, 6.07) is 12.5. The number of hydrogen-bond donors (Lipinski definition) is 1. The Morgan fingerprint density at radius 3 is 2.46 bits per heavy atom. The third-order valence-electron chi connectivity index (χ3n) is 3.79. The lowest BCUT2D eigenvalue weighted by Gasteiger charge is -2.04. The van der Waals surface area contributed by atoms with E-state index in [-0.39, 0.29) is 4.90 Å². The van der Waals surface area contributed by atoms with Crippen LogP contribution < -0.4 is 4.83 Å². The molecule has 0 aliphatic carbocycles. The van der Waals surface area contributed by atoms with Crippen molar-refractivity contribution in [2.75, 3.05) is 0 Å². The highest BCUT2D eigenvalue weighted by molar-refractivity contribution is 7.89. The van der Waals surface area contributed by atoms with Crippen molar-refractivity contribution in [1.29, 1.82) is 0 Å². The Balaban J connectivity index is 2.17. The molecule has 0 unspecified atom stereocenters. The van der Waals surface area contributed by atoms with Crippen LogP contribution in [0.5, 0.6) is 0 Å². The lowest BCUT2D eigenvalue weighted by Crippen LogP contribution is -2.18. The molecule has 4 nitrogen and oxygen atoms in total. The standard InChI is InChI=1S/C21H24N2O2S/c1-4-5-6-7-8-19-12-9-18(3)15-20(19)16-22-23-26(24,25)21-13-10-17(2)11-14-21/h9-16,23H,4-6H2,1-3H3/b22-16+. The molecule has 0 saturated heterocycles. The molecule has 0 aromatic heterocycles. The molecular formula is C21H24N2O2S. The molecule has 1 N–H and O–H groups in total. The third kappa shape index (κ3) is 5.75. The van der Waals surface area contributed by atoms with Gasteiger partial charge in [-0.3, -0.25) is 0 Å². The highest BCUT2D eigenvalue weighted by Crippen LogP contribution is 2.11. The Kier molecular flexibility index (Phi) is 6.99. The van der Waals surface area contributed by atoms with E-state index in [9.17, 15) is 8.42 Å². The zero-order valence-corrected chi connectivity index (χ0v) is 16.2. The highest BCUT2D eigenvalue weighted by Gasteiger charge is 2.11. The second-order valence-corrected chi connectivity index (χ2v) is 7.82. The molecule has 0 radical (unpaired) electrons. The summed E-state index contributed by atoms with van der Waals surface area (Å²) in [5.41, 5.74) is 3.69. The first-order chi connectivity index (χ1) is 12.4. The molecule has 0 aliphatic heterocycles. The van der Waals surface area contributed by atoms with Crippen LogP contribution in [0.1, 0.15) is 48.4 Å². The summed E-state index contributed by atoms with van der Waals surface area (Å²) >= 11 is 0. The zero-order chi connectivity index (χ0) is 19.0. The molecule has 0 fully saturated rings. The monoisotopic (exact) mass is 368 g/mol. The molecule has 0 heterocycles. The molecule has 26 heavy (non-hydrogen) atoms. The molecule has 2 aromatic carbocycles. The molecule has 0 bridgehead atoms. The Bertz CT molecular complexity index is 934. The molecule has 136 valence electrons. The van der Waals surface area contributed by atoms with E-state index in [0.29, 0.717) is 0 Å². The number of hydrogen-bond acceptors (Lipinski definition) is 3. The molecule has 0 spiro atoms. The molecule has 0 saturated carbocycles. The van der Waals surface area contributed by atoms with Gasteiger partial charge in [-0.25, -0.2) is 4.83 Å². The van der Waals surface area contributed by atoms with E-state index < -0.39 is 10.0 Å². The van der Waals surface area contributed by atoms with Gasteiger partial charge in [-0.1, -0.05) is 54.5 Å². The SMILES string of the molecule is CCCCC#Cc1ccc(C)cc1/C=N/NS(=O)(=O)c1ccc(C)cc1. The summed E-state index contributed by atoms with van der Waals surface area (Å²) in [6.45, 7) is 6.01. The van der Waals surface area contributed by atoms with E-state index in [4.69, 9.17) is 0 Å². The fourth-order valence-electron chi connectivity index (χ4n) is 2.26. The van der Waals surface area contributed by atoms with Crippen LogP contribution in [0.3, 0.4) is 0 Å². The predicted octanol–water partition coefficient (Wildman–Crippen LogP) is 4.16. The van der Waals surface area contributed by atoms with E-state index >= 15 is 0 Å². The summed E-state index contributed by atoms with van der Waals surface area (Å²) in [6.07, 6.45) is 4.53. The molecule has 5 heteroatoms. The molecule has 0 atom stereocenters. The smallest absolute Gasteiger partial charge is 0.200 e. The van der Waals surface area contributed by atoms with Crippen molar-refractivity contribution in [3.05, 3.63) is 64.7 Å². The fraction of sp³-hybridized carbons (Fsp3) is 0.286. The first-order valence-electron chi connectivity index (χ1n) is 8.63. The van der Waals surface area contributed by atoms with Gasteiger partial charge in [-0.15, -0.1) is 0 Å². The van der Waals surface area contributed by atoms with Crippen molar-refractivity contribution < 1.29 is 8.42 Å². The molecule has 0 amide bonds. The Morgan fingerprint density at radius 1 is 1.08 bits per heavy atom. The van der Waals surface area contributed by atoms with Gasteiger partial charge in [-0.2, -0.15) is 13.5 Å². The van der Waals surface area contributed by atoms with Crippen molar-refractivity contribution >= 4 is 16.2 Å². The normalized spacial score (nSPS) is 11.2. The van der Waals surface area contributed by atoms with Gasteiger partial charge in [0.15, 0.2) is 0 Å². The third-order valence-corrected chi connectivity index (χ3v) is 5.03. The number of benzene rings is 2. The summed E-state index contributed by atoms with van der Waals surface area (Å²) < 4.78 is 24.6. The number of hydrazone groups is 1. The first-order valence-corrected chi connectivity index (χ1v) is 10.1. The number of sulfonamides is 1. The van der Waals surface area contributed by atoms with Crippen LogP contribution in [0, 0.1) is 25.7 Å². The lowest BCUT2D eigenvalue weighted by molar-refractivity contribution is 0.584. The van der Waals surface area contributed by atoms with Crippen LogP contribution in [-0.2, 0) is 10.0 Å². The second kappa shape index (κ2) is 9.21. The van der Waals surface area contributed by atoms with Gasteiger partial charge in [0.2, 0.25) is 0 Å². The quantitative estimate of drug-likeness (QED) is 0.360. The van der Waals surface area contributed by atoms with Gasteiger partial charge in [0, 0.05) is 17.5 Å². The summed E-state index contributed by atoms with van der Waals surface area (Å²) in [7, 11) is -3.68. The average Bonchev–Trinajstić information content (AvgIpc) is 2.60. The zero-order valence-electron chi connectivity index (χ0n) is 15.4. The van der Waals surface area contributed by atoms with Gasteiger partial charge in [0.1, 0.15) is 0 Å². The van der Waals surface area contributed by atoms with Gasteiger partial charge in [-0.05, 0) is 44.5 Å². The van der Waals surface area contributed by atoms with Crippen LogP contribution >= 0.6 is 0 Å².